The van der Waals surface area contributed by atoms with Crippen LogP contribution in [0.3, 0.4) is 0 Å². The zero-order valence-electron chi connectivity index (χ0n) is 13.1. The third-order valence-electron chi connectivity index (χ3n) is 3.70. The molecule has 0 saturated carbocycles. The first-order chi connectivity index (χ1) is 9.65. The zero-order chi connectivity index (χ0) is 15.0. The van der Waals surface area contributed by atoms with Gasteiger partial charge < -0.3 is 15.2 Å². The first-order valence-electron chi connectivity index (χ1n) is 7.14. The SMILES string of the molecule is COCCN(C(C)COC)C(CN)c1ccccc1C. The molecule has 1 rings (SSSR count). The largest absolute Gasteiger partial charge is 0.383 e. The van der Waals surface area contributed by atoms with Gasteiger partial charge in [0, 0.05) is 39.4 Å². The molecule has 20 heavy (non-hydrogen) atoms. The summed E-state index contributed by atoms with van der Waals surface area (Å²) in [4.78, 5) is 2.37. The average molecular weight is 280 g/mol. The Morgan fingerprint density at radius 1 is 1.20 bits per heavy atom. The summed E-state index contributed by atoms with van der Waals surface area (Å²) in [5, 5.41) is 0. The summed E-state index contributed by atoms with van der Waals surface area (Å²) in [6, 6.07) is 8.91. The average Bonchev–Trinajstić information content (AvgIpc) is 2.45. The lowest BCUT2D eigenvalue weighted by atomic mass is 9.98. The molecule has 4 heteroatoms. The molecule has 2 unspecified atom stereocenters. The van der Waals surface area contributed by atoms with Gasteiger partial charge in [-0.2, -0.15) is 0 Å². The Balaban J connectivity index is 2.97. The third-order valence-corrected chi connectivity index (χ3v) is 3.70. The Bertz CT molecular complexity index is 384. The highest BCUT2D eigenvalue weighted by molar-refractivity contribution is 5.29. The van der Waals surface area contributed by atoms with Gasteiger partial charge >= 0.3 is 0 Å². The molecule has 4 nitrogen and oxygen atoms in total. The van der Waals surface area contributed by atoms with Gasteiger partial charge in [-0.15, -0.1) is 0 Å². The van der Waals surface area contributed by atoms with Crippen molar-refractivity contribution in [2.75, 3.05) is 40.5 Å². The molecule has 2 N–H and O–H groups in total. The number of nitrogens with two attached hydrogens (primary N) is 1. The fourth-order valence-electron chi connectivity index (χ4n) is 2.62. The second-order valence-electron chi connectivity index (χ2n) is 5.14. The van der Waals surface area contributed by atoms with E-state index in [0.717, 1.165) is 6.54 Å². The molecule has 1 aromatic rings. The van der Waals surface area contributed by atoms with Gasteiger partial charge in [0.05, 0.1) is 13.2 Å². The van der Waals surface area contributed by atoms with E-state index < -0.39 is 0 Å². The van der Waals surface area contributed by atoms with Crippen LogP contribution in [0.25, 0.3) is 0 Å². The van der Waals surface area contributed by atoms with Crippen molar-refractivity contribution in [2.24, 2.45) is 5.73 Å². The van der Waals surface area contributed by atoms with Crippen molar-refractivity contribution in [3.8, 4) is 0 Å². The molecule has 0 aromatic heterocycles. The van der Waals surface area contributed by atoms with Crippen LogP contribution in [-0.2, 0) is 9.47 Å². The van der Waals surface area contributed by atoms with E-state index >= 15 is 0 Å². The van der Waals surface area contributed by atoms with Crippen molar-refractivity contribution in [1.82, 2.24) is 4.90 Å². The standard InChI is InChI=1S/C16H28N2O2/c1-13-7-5-6-8-15(13)16(11-17)18(9-10-19-3)14(2)12-20-4/h5-8,14,16H,9-12,17H2,1-4H3. The fourth-order valence-corrected chi connectivity index (χ4v) is 2.62. The molecule has 114 valence electrons. The van der Waals surface area contributed by atoms with Crippen molar-refractivity contribution < 1.29 is 9.47 Å². The van der Waals surface area contributed by atoms with Crippen molar-refractivity contribution >= 4 is 0 Å². The summed E-state index contributed by atoms with van der Waals surface area (Å²) in [6.45, 7) is 7.11. The Labute approximate surface area is 122 Å². The van der Waals surface area contributed by atoms with Crippen LogP contribution in [-0.4, -0.2) is 51.5 Å². The number of benzene rings is 1. The molecule has 2 atom stereocenters. The molecule has 0 bridgehead atoms. The summed E-state index contributed by atoms with van der Waals surface area (Å²) < 4.78 is 10.5. The van der Waals surface area contributed by atoms with Gasteiger partial charge in [0.25, 0.3) is 0 Å². The molecule has 1 aromatic carbocycles. The number of aryl methyl sites for hydroxylation is 1. The lowest BCUT2D eigenvalue weighted by Gasteiger charge is -2.36. The van der Waals surface area contributed by atoms with E-state index in [4.69, 9.17) is 15.2 Å². The quantitative estimate of drug-likeness (QED) is 0.751. The molecule has 0 heterocycles. The van der Waals surface area contributed by atoms with Gasteiger partial charge in [0.15, 0.2) is 0 Å². The van der Waals surface area contributed by atoms with Gasteiger partial charge in [-0.25, -0.2) is 0 Å². The van der Waals surface area contributed by atoms with Gasteiger partial charge in [0.2, 0.25) is 0 Å². The van der Waals surface area contributed by atoms with Crippen LogP contribution in [0.15, 0.2) is 24.3 Å². The van der Waals surface area contributed by atoms with Crippen molar-refractivity contribution in [3.05, 3.63) is 35.4 Å². The van der Waals surface area contributed by atoms with Crippen LogP contribution in [0.4, 0.5) is 0 Å². The summed E-state index contributed by atoms with van der Waals surface area (Å²) in [5.74, 6) is 0. The van der Waals surface area contributed by atoms with Gasteiger partial charge in [-0.3, -0.25) is 4.90 Å². The minimum absolute atomic E-state index is 0.191. The predicted molar refractivity (Wildman–Crippen MR) is 82.9 cm³/mol. The highest BCUT2D eigenvalue weighted by atomic mass is 16.5. The summed E-state index contributed by atoms with van der Waals surface area (Å²) in [6.07, 6.45) is 0. The fraction of sp³-hybridized carbons (Fsp3) is 0.625. The minimum atomic E-state index is 0.191. The van der Waals surface area contributed by atoms with E-state index in [2.05, 4.69) is 43.0 Å². The molecule has 0 aliphatic carbocycles. The third kappa shape index (κ3) is 4.56. The molecule has 0 aliphatic rings. The van der Waals surface area contributed by atoms with Gasteiger partial charge in [0.1, 0.15) is 0 Å². The van der Waals surface area contributed by atoms with E-state index in [9.17, 15) is 0 Å². The summed E-state index contributed by atoms with van der Waals surface area (Å²) in [7, 11) is 3.46. The predicted octanol–water partition coefficient (Wildman–Crippen LogP) is 1.98. The normalized spacial score (nSPS) is 14.5. The Kier molecular flexibility index (Phi) is 7.77. The van der Waals surface area contributed by atoms with E-state index in [1.165, 1.54) is 11.1 Å². The molecule has 0 spiro atoms. The molecular weight excluding hydrogens is 252 g/mol. The second-order valence-corrected chi connectivity index (χ2v) is 5.14. The smallest absolute Gasteiger partial charge is 0.0615 e. The molecule has 0 fully saturated rings. The van der Waals surface area contributed by atoms with Crippen LogP contribution in [0.1, 0.15) is 24.1 Å². The van der Waals surface area contributed by atoms with Crippen LogP contribution in [0.5, 0.6) is 0 Å². The van der Waals surface area contributed by atoms with Gasteiger partial charge in [-0.05, 0) is 25.0 Å². The van der Waals surface area contributed by atoms with E-state index in [0.29, 0.717) is 25.8 Å². The number of nitrogens with zero attached hydrogens (tertiary/aromatic N) is 1. The topological polar surface area (TPSA) is 47.7 Å². The summed E-state index contributed by atoms with van der Waals surface area (Å²) in [5.41, 5.74) is 8.62. The Morgan fingerprint density at radius 2 is 1.90 bits per heavy atom. The summed E-state index contributed by atoms with van der Waals surface area (Å²) >= 11 is 0. The number of rotatable bonds is 9. The second kappa shape index (κ2) is 9.08. The maximum atomic E-state index is 6.06. The number of hydrogen-bond donors (Lipinski definition) is 1. The molecule has 0 aliphatic heterocycles. The highest BCUT2D eigenvalue weighted by Gasteiger charge is 2.24. The van der Waals surface area contributed by atoms with Crippen LogP contribution in [0, 0.1) is 6.92 Å². The first kappa shape index (κ1) is 17.1. The van der Waals surface area contributed by atoms with Crippen LogP contribution in [0.2, 0.25) is 0 Å². The maximum Gasteiger partial charge on any atom is 0.0615 e. The highest BCUT2D eigenvalue weighted by Crippen LogP contribution is 2.24. The Hall–Kier alpha value is -0.940. The number of methoxy groups -OCH3 is 2. The van der Waals surface area contributed by atoms with Crippen LogP contribution < -0.4 is 5.73 Å². The number of ether oxygens (including phenoxy) is 2. The zero-order valence-corrected chi connectivity index (χ0v) is 13.1. The van der Waals surface area contributed by atoms with Crippen molar-refractivity contribution in [3.63, 3.8) is 0 Å². The maximum absolute atomic E-state index is 6.06. The minimum Gasteiger partial charge on any atom is -0.383 e. The monoisotopic (exact) mass is 280 g/mol. The van der Waals surface area contributed by atoms with Crippen molar-refractivity contribution in [2.45, 2.75) is 25.9 Å². The lowest BCUT2D eigenvalue weighted by Crippen LogP contribution is -2.44. The molecule has 0 saturated heterocycles. The van der Waals surface area contributed by atoms with Crippen LogP contribution >= 0.6 is 0 Å². The molecular formula is C16H28N2O2. The van der Waals surface area contributed by atoms with E-state index in [1.807, 2.05) is 0 Å². The molecule has 0 amide bonds. The Morgan fingerprint density at radius 3 is 2.45 bits per heavy atom. The number of hydrogen-bond acceptors (Lipinski definition) is 4. The van der Waals surface area contributed by atoms with E-state index in [-0.39, 0.29) is 6.04 Å². The lowest BCUT2D eigenvalue weighted by molar-refractivity contribution is 0.0485. The first-order valence-corrected chi connectivity index (χ1v) is 7.14. The van der Waals surface area contributed by atoms with Crippen molar-refractivity contribution in [1.29, 1.82) is 0 Å². The molecule has 0 radical (unpaired) electrons. The van der Waals surface area contributed by atoms with Gasteiger partial charge in [-0.1, -0.05) is 24.3 Å². The van der Waals surface area contributed by atoms with E-state index in [1.54, 1.807) is 14.2 Å².